The first-order valence-electron chi connectivity index (χ1n) is 8.15. The van der Waals surface area contributed by atoms with Crippen molar-refractivity contribution in [2.24, 2.45) is 0 Å². The van der Waals surface area contributed by atoms with Crippen LogP contribution in [0, 0.1) is 0 Å². The summed E-state index contributed by atoms with van der Waals surface area (Å²) in [5, 5.41) is 0. The second kappa shape index (κ2) is 7.28. The van der Waals surface area contributed by atoms with Crippen LogP contribution in [0.5, 0.6) is 0 Å². The lowest BCUT2D eigenvalue weighted by Gasteiger charge is -2.31. The van der Waals surface area contributed by atoms with Gasteiger partial charge in [0.15, 0.2) is 0 Å². The van der Waals surface area contributed by atoms with E-state index < -0.39 is 20.0 Å². The average Bonchev–Trinajstić information content (AvgIpc) is 3.02. The van der Waals surface area contributed by atoms with E-state index in [4.69, 9.17) is 0 Å². The van der Waals surface area contributed by atoms with E-state index in [-0.39, 0.29) is 16.7 Å². The zero-order valence-electron chi connectivity index (χ0n) is 13.9. The Morgan fingerprint density at radius 2 is 1.96 bits per heavy atom. The molecule has 1 aromatic carbocycles. The molecule has 138 valence electrons. The molecule has 0 bridgehead atoms. The van der Waals surface area contributed by atoms with Gasteiger partial charge in [0.1, 0.15) is 0 Å². The smallest absolute Gasteiger partial charge is 0.240 e. The van der Waals surface area contributed by atoms with Crippen molar-refractivity contribution in [1.82, 2.24) is 14.0 Å². The normalized spacial score (nSPS) is 18.0. The summed E-state index contributed by atoms with van der Waals surface area (Å²) in [6.45, 7) is 2.53. The molecule has 0 radical (unpaired) electrons. The van der Waals surface area contributed by atoms with Gasteiger partial charge in [0.05, 0.1) is 26.4 Å². The molecule has 2 heterocycles. The first kappa shape index (κ1) is 18.7. The lowest BCUT2D eigenvalue weighted by molar-refractivity contribution is 0.308. The number of fused-ring (bicyclic) bond motifs is 1. The molecule has 3 rings (SSSR count). The third-order valence-corrected chi connectivity index (χ3v) is 8.65. The van der Waals surface area contributed by atoms with Gasteiger partial charge in [0.25, 0.3) is 0 Å². The van der Waals surface area contributed by atoms with Gasteiger partial charge in [-0.25, -0.2) is 30.8 Å². The van der Waals surface area contributed by atoms with Crippen molar-refractivity contribution in [3.05, 3.63) is 23.7 Å². The molecule has 1 aromatic heterocycles. The van der Waals surface area contributed by atoms with E-state index in [1.807, 2.05) is 6.92 Å². The zero-order chi connectivity index (χ0) is 18.1. The van der Waals surface area contributed by atoms with Crippen LogP contribution < -0.4 is 4.72 Å². The fraction of sp³-hybridized carbons (Fsp3) is 0.533. The van der Waals surface area contributed by atoms with Gasteiger partial charge in [-0.2, -0.15) is 0 Å². The van der Waals surface area contributed by atoms with Gasteiger partial charge >= 0.3 is 0 Å². The van der Waals surface area contributed by atoms with Crippen molar-refractivity contribution in [3.8, 4) is 0 Å². The Bertz CT molecular complexity index is 945. The van der Waals surface area contributed by atoms with Gasteiger partial charge in [-0.1, -0.05) is 6.92 Å². The fourth-order valence-electron chi connectivity index (χ4n) is 2.93. The minimum absolute atomic E-state index is 0.136. The lowest BCUT2D eigenvalue weighted by Crippen LogP contribution is -2.46. The highest BCUT2D eigenvalue weighted by Crippen LogP contribution is 2.22. The van der Waals surface area contributed by atoms with E-state index >= 15 is 0 Å². The maximum absolute atomic E-state index is 12.6. The van der Waals surface area contributed by atoms with Crippen molar-refractivity contribution >= 4 is 41.6 Å². The number of rotatable bonds is 6. The van der Waals surface area contributed by atoms with Crippen LogP contribution in [0.2, 0.25) is 0 Å². The van der Waals surface area contributed by atoms with Crippen molar-refractivity contribution < 1.29 is 16.8 Å². The molecular formula is C15H21N3O4S3. The number of aromatic nitrogens is 1. The molecule has 0 atom stereocenters. The Kier molecular flexibility index (Phi) is 5.45. The van der Waals surface area contributed by atoms with Gasteiger partial charge in [-0.15, -0.1) is 11.3 Å². The monoisotopic (exact) mass is 403 g/mol. The van der Waals surface area contributed by atoms with Crippen molar-refractivity contribution in [1.29, 1.82) is 0 Å². The molecule has 1 aliphatic heterocycles. The molecule has 0 amide bonds. The molecule has 0 unspecified atom stereocenters. The third kappa shape index (κ3) is 4.20. The van der Waals surface area contributed by atoms with Crippen LogP contribution in [-0.4, -0.2) is 51.0 Å². The number of hydrogen-bond acceptors (Lipinski definition) is 6. The second-order valence-electron chi connectivity index (χ2n) is 6.09. The topological polar surface area (TPSA) is 96.4 Å². The Balaban J connectivity index is 1.66. The quantitative estimate of drug-likeness (QED) is 0.793. The van der Waals surface area contributed by atoms with Crippen LogP contribution in [0.1, 0.15) is 26.2 Å². The highest BCUT2D eigenvalue weighted by Gasteiger charge is 2.29. The fourth-order valence-corrected chi connectivity index (χ4v) is 6.46. The van der Waals surface area contributed by atoms with Crippen LogP contribution in [0.3, 0.4) is 0 Å². The predicted molar refractivity (Wildman–Crippen MR) is 98.6 cm³/mol. The maximum Gasteiger partial charge on any atom is 0.240 e. The number of nitrogens with one attached hydrogen (secondary N) is 1. The van der Waals surface area contributed by atoms with Crippen molar-refractivity contribution in [2.75, 3.05) is 18.8 Å². The highest BCUT2D eigenvalue weighted by atomic mass is 32.2. The number of thiazole rings is 1. The van der Waals surface area contributed by atoms with Crippen LogP contribution >= 0.6 is 11.3 Å². The Morgan fingerprint density at radius 3 is 2.64 bits per heavy atom. The van der Waals surface area contributed by atoms with E-state index in [0.717, 1.165) is 4.70 Å². The number of sulfonamides is 2. The molecule has 1 N–H and O–H groups in total. The largest absolute Gasteiger partial charge is 0.245 e. The molecule has 0 saturated carbocycles. The average molecular weight is 404 g/mol. The van der Waals surface area contributed by atoms with Gasteiger partial charge in [0, 0.05) is 19.1 Å². The molecule has 7 nitrogen and oxygen atoms in total. The molecular weight excluding hydrogens is 382 g/mol. The minimum atomic E-state index is -3.65. The molecule has 1 saturated heterocycles. The van der Waals surface area contributed by atoms with Crippen molar-refractivity contribution in [3.63, 3.8) is 0 Å². The molecule has 0 spiro atoms. The molecule has 1 aliphatic rings. The summed E-state index contributed by atoms with van der Waals surface area (Å²) in [5.41, 5.74) is 2.34. The van der Waals surface area contributed by atoms with Crippen LogP contribution in [0.4, 0.5) is 0 Å². The van der Waals surface area contributed by atoms with Crippen LogP contribution in [-0.2, 0) is 20.0 Å². The van der Waals surface area contributed by atoms with E-state index in [1.165, 1.54) is 15.6 Å². The van der Waals surface area contributed by atoms with Crippen molar-refractivity contribution in [2.45, 2.75) is 37.1 Å². The summed E-state index contributed by atoms with van der Waals surface area (Å²) in [7, 11) is -6.87. The molecule has 1 fully saturated rings. The van der Waals surface area contributed by atoms with Gasteiger partial charge in [-0.3, -0.25) is 0 Å². The predicted octanol–water partition coefficient (Wildman–Crippen LogP) is 1.78. The summed E-state index contributed by atoms with van der Waals surface area (Å²) >= 11 is 1.46. The van der Waals surface area contributed by atoms with E-state index in [9.17, 15) is 16.8 Å². The summed E-state index contributed by atoms with van der Waals surface area (Å²) in [6, 6.07) is 4.63. The van der Waals surface area contributed by atoms with Crippen LogP contribution in [0.25, 0.3) is 10.2 Å². The zero-order valence-corrected chi connectivity index (χ0v) is 16.3. The van der Waals surface area contributed by atoms with Gasteiger partial charge < -0.3 is 0 Å². The maximum atomic E-state index is 12.6. The minimum Gasteiger partial charge on any atom is -0.245 e. The Morgan fingerprint density at radius 1 is 1.24 bits per heavy atom. The molecule has 0 aliphatic carbocycles. The summed E-state index contributed by atoms with van der Waals surface area (Å²) in [4.78, 5) is 4.33. The Hall–Kier alpha value is -1.07. The highest BCUT2D eigenvalue weighted by molar-refractivity contribution is 7.89. The summed E-state index contributed by atoms with van der Waals surface area (Å²) < 4.78 is 54.4. The standard InChI is InChI=1S/C15H21N3O4S3/c1-2-9-24(19,20)18-7-5-12(6-8-18)17-25(21,22)13-3-4-15-14(10-13)16-11-23-15/h3-4,10-12,17H,2,5-9H2,1H3. The lowest BCUT2D eigenvalue weighted by atomic mass is 10.1. The number of piperidine rings is 1. The number of nitrogens with zero attached hydrogens (tertiary/aromatic N) is 2. The first-order chi connectivity index (χ1) is 11.8. The molecule has 10 heteroatoms. The SMILES string of the molecule is CCCS(=O)(=O)N1CCC(NS(=O)(=O)c2ccc3scnc3c2)CC1. The van der Waals surface area contributed by atoms with Crippen LogP contribution in [0.15, 0.2) is 28.6 Å². The second-order valence-corrected chi connectivity index (χ2v) is 10.8. The van der Waals surface area contributed by atoms with Gasteiger partial charge in [-0.05, 0) is 37.5 Å². The van der Waals surface area contributed by atoms with E-state index in [0.29, 0.717) is 37.9 Å². The molecule has 2 aromatic rings. The number of benzene rings is 1. The molecule has 25 heavy (non-hydrogen) atoms. The Labute approximate surface area is 152 Å². The van der Waals surface area contributed by atoms with Gasteiger partial charge in [0.2, 0.25) is 20.0 Å². The van der Waals surface area contributed by atoms with E-state index in [1.54, 1.807) is 23.7 Å². The first-order valence-corrected chi connectivity index (χ1v) is 12.1. The van der Waals surface area contributed by atoms with E-state index in [2.05, 4.69) is 9.71 Å². The summed E-state index contributed by atoms with van der Waals surface area (Å²) in [6.07, 6.45) is 1.52. The summed E-state index contributed by atoms with van der Waals surface area (Å²) in [5.74, 6) is 0.136. The third-order valence-electron chi connectivity index (χ3n) is 4.24. The number of hydrogen-bond donors (Lipinski definition) is 1.